The normalized spacial score (nSPS) is 31.0. The molecule has 84 valence electrons. The second-order valence-corrected chi connectivity index (χ2v) is 4.94. The summed E-state index contributed by atoms with van der Waals surface area (Å²) in [7, 11) is 1.91. The Bertz CT molecular complexity index is 334. The van der Waals surface area contributed by atoms with Crippen LogP contribution < -0.4 is 0 Å². The minimum atomic E-state index is -0.469. The molecule has 1 aliphatic rings. The van der Waals surface area contributed by atoms with E-state index in [0.717, 1.165) is 24.8 Å². The van der Waals surface area contributed by atoms with Gasteiger partial charge in [0.05, 0.1) is 11.8 Å². The molecule has 0 aliphatic heterocycles. The molecule has 15 heavy (non-hydrogen) atoms. The minimum absolute atomic E-state index is 0.469. The average molecular weight is 208 g/mol. The van der Waals surface area contributed by atoms with Crippen LogP contribution in [0.15, 0.2) is 12.4 Å². The van der Waals surface area contributed by atoms with Crippen LogP contribution in [0.4, 0.5) is 0 Å². The summed E-state index contributed by atoms with van der Waals surface area (Å²) >= 11 is 0. The molecule has 1 fully saturated rings. The molecule has 1 saturated carbocycles. The largest absolute Gasteiger partial charge is 0.390 e. The fourth-order valence-corrected chi connectivity index (χ4v) is 2.67. The highest BCUT2D eigenvalue weighted by molar-refractivity contribution is 5.09. The number of rotatable bonds is 3. The molecule has 1 aromatic rings. The van der Waals surface area contributed by atoms with E-state index in [0.29, 0.717) is 5.92 Å². The number of aliphatic hydroxyl groups is 1. The maximum absolute atomic E-state index is 10.4. The lowest BCUT2D eigenvalue weighted by Gasteiger charge is -2.21. The first kappa shape index (κ1) is 10.7. The Labute approximate surface area is 91.1 Å². The van der Waals surface area contributed by atoms with E-state index in [1.165, 1.54) is 12.8 Å². The van der Waals surface area contributed by atoms with Gasteiger partial charge in [0.15, 0.2) is 0 Å². The van der Waals surface area contributed by atoms with Gasteiger partial charge in [-0.25, -0.2) is 0 Å². The van der Waals surface area contributed by atoms with E-state index in [1.54, 1.807) is 4.68 Å². The van der Waals surface area contributed by atoms with Crippen LogP contribution in [-0.4, -0.2) is 20.5 Å². The Hall–Kier alpha value is -0.830. The summed E-state index contributed by atoms with van der Waals surface area (Å²) in [6, 6.07) is 0. The van der Waals surface area contributed by atoms with Gasteiger partial charge in [-0.15, -0.1) is 0 Å². The van der Waals surface area contributed by atoms with Crippen molar-refractivity contribution in [1.29, 1.82) is 0 Å². The van der Waals surface area contributed by atoms with Crippen molar-refractivity contribution in [2.24, 2.45) is 13.0 Å². The quantitative estimate of drug-likeness (QED) is 0.824. The number of hydrogen-bond acceptors (Lipinski definition) is 2. The van der Waals surface area contributed by atoms with Gasteiger partial charge in [0.25, 0.3) is 0 Å². The summed E-state index contributed by atoms with van der Waals surface area (Å²) in [5.74, 6) is 0.715. The van der Waals surface area contributed by atoms with E-state index in [9.17, 15) is 5.11 Å². The highest BCUT2D eigenvalue weighted by Crippen LogP contribution is 2.38. The van der Waals surface area contributed by atoms with E-state index < -0.39 is 5.60 Å². The van der Waals surface area contributed by atoms with E-state index in [2.05, 4.69) is 12.0 Å². The van der Waals surface area contributed by atoms with E-state index in [1.807, 2.05) is 19.4 Å². The Morgan fingerprint density at radius 3 is 3.00 bits per heavy atom. The molecule has 0 radical (unpaired) electrons. The van der Waals surface area contributed by atoms with Crippen molar-refractivity contribution in [3.63, 3.8) is 0 Å². The minimum Gasteiger partial charge on any atom is -0.390 e. The highest BCUT2D eigenvalue weighted by Gasteiger charge is 2.36. The van der Waals surface area contributed by atoms with Crippen LogP contribution in [0.5, 0.6) is 0 Å². The van der Waals surface area contributed by atoms with E-state index in [-0.39, 0.29) is 0 Å². The van der Waals surface area contributed by atoms with Crippen LogP contribution in [-0.2, 0) is 13.5 Å². The van der Waals surface area contributed by atoms with Crippen molar-refractivity contribution < 1.29 is 5.11 Å². The standard InChI is InChI=1S/C12H20N2O/c1-3-10-4-5-12(15,6-10)7-11-8-13-14(2)9-11/h8-10,15H,3-7H2,1-2H3. The zero-order valence-electron chi connectivity index (χ0n) is 9.61. The molecule has 1 aromatic heterocycles. The van der Waals surface area contributed by atoms with Crippen molar-refractivity contribution in [1.82, 2.24) is 9.78 Å². The van der Waals surface area contributed by atoms with Crippen LogP contribution in [0.1, 0.15) is 38.2 Å². The first-order chi connectivity index (χ1) is 7.11. The van der Waals surface area contributed by atoms with Gasteiger partial charge in [0, 0.05) is 19.7 Å². The predicted molar refractivity (Wildman–Crippen MR) is 59.5 cm³/mol. The smallest absolute Gasteiger partial charge is 0.0691 e. The number of nitrogens with zero attached hydrogens (tertiary/aromatic N) is 2. The summed E-state index contributed by atoms with van der Waals surface area (Å²) in [5.41, 5.74) is 0.681. The maximum atomic E-state index is 10.4. The third-order valence-corrected chi connectivity index (χ3v) is 3.56. The van der Waals surface area contributed by atoms with Gasteiger partial charge in [-0.2, -0.15) is 5.10 Å². The SMILES string of the molecule is CCC1CCC(O)(Cc2cnn(C)c2)C1. The van der Waals surface area contributed by atoms with Crippen LogP contribution in [0.25, 0.3) is 0 Å². The third-order valence-electron chi connectivity index (χ3n) is 3.56. The van der Waals surface area contributed by atoms with Crippen LogP contribution in [0, 0.1) is 5.92 Å². The van der Waals surface area contributed by atoms with Crippen LogP contribution in [0.3, 0.4) is 0 Å². The first-order valence-electron chi connectivity index (χ1n) is 5.81. The Balaban J connectivity index is 2.00. The molecule has 0 aromatic carbocycles. The molecule has 0 bridgehead atoms. The second-order valence-electron chi connectivity index (χ2n) is 4.94. The summed E-state index contributed by atoms with van der Waals surface area (Å²) in [4.78, 5) is 0. The van der Waals surface area contributed by atoms with Gasteiger partial charge in [0.2, 0.25) is 0 Å². The fourth-order valence-electron chi connectivity index (χ4n) is 2.67. The second kappa shape index (κ2) is 3.97. The Morgan fingerprint density at radius 2 is 2.47 bits per heavy atom. The monoisotopic (exact) mass is 208 g/mol. The van der Waals surface area contributed by atoms with Gasteiger partial charge in [0.1, 0.15) is 0 Å². The number of hydrogen-bond donors (Lipinski definition) is 1. The van der Waals surface area contributed by atoms with E-state index >= 15 is 0 Å². The van der Waals surface area contributed by atoms with Gasteiger partial charge < -0.3 is 5.11 Å². The van der Waals surface area contributed by atoms with Gasteiger partial charge in [-0.3, -0.25) is 4.68 Å². The summed E-state index contributed by atoms with van der Waals surface area (Å²) in [6.07, 6.45) is 8.88. The molecular weight excluding hydrogens is 188 g/mol. The molecule has 0 amide bonds. The van der Waals surface area contributed by atoms with E-state index in [4.69, 9.17) is 0 Å². The lowest BCUT2D eigenvalue weighted by molar-refractivity contribution is 0.0436. The summed E-state index contributed by atoms with van der Waals surface area (Å²) < 4.78 is 1.80. The van der Waals surface area contributed by atoms with Crippen LogP contribution in [0.2, 0.25) is 0 Å². The van der Waals surface area contributed by atoms with Gasteiger partial charge in [-0.05, 0) is 30.7 Å². The molecule has 0 spiro atoms. The van der Waals surface area contributed by atoms with Crippen molar-refractivity contribution in [2.75, 3.05) is 0 Å². The lowest BCUT2D eigenvalue weighted by atomic mass is 9.93. The molecule has 3 nitrogen and oxygen atoms in total. The summed E-state index contributed by atoms with van der Waals surface area (Å²) in [6.45, 7) is 2.21. The molecule has 0 saturated heterocycles. The van der Waals surface area contributed by atoms with Crippen LogP contribution >= 0.6 is 0 Å². The lowest BCUT2D eigenvalue weighted by Crippen LogP contribution is -2.27. The zero-order chi connectivity index (χ0) is 10.9. The average Bonchev–Trinajstić information content (AvgIpc) is 2.74. The summed E-state index contributed by atoms with van der Waals surface area (Å²) in [5, 5.41) is 14.6. The zero-order valence-corrected chi connectivity index (χ0v) is 9.61. The van der Waals surface area contributed by atoms with Gasteiger partial charge in [-0.1, -0.05) is 13.3 Å². The van der Waals surface area contributed by atoms with Crippen molar-refractivity contribution >= 4 is 0 Å². The number of aryl methyl sites for hydroxylation is 1. The predicted octanol–water partition coefficient (Wildman–Crippen LogP) is 1.90. The fraction of sp³-hybridized carbons (Fsp3) is 0.750. The van der Waals surface area contributed by atoms with Crippen molar-refractivity contribution in [3.8, 4) is 0 Å². The molecule has 2 rings (SSSR count). The topological polar surface area (TPSA) is 38.1 Å². The molecule has 1 heterocycles. The molecule has 3 heteroatoms. The Morgan fingerprint density at radius 1 is 1.67 bits per heavy atom. The molecule has 2 unspecified atom stereocenters. The van der Waals surface area contributed by atoms with Gasteiger partial charge >= 0.3 is 0 Å². The molecule has 1 N–H and O–H groups in total. The maximum Gasteiger partial charge on any atom is 0.0691 e. The van der Waals surface area contributed by atoms with Crippen molar-refractivity contribution in [3.05, 3.63) is 18.0 Å². The molecular formula is C12H20N2O. The first-order valence-corrected chi connectivity index (χ1v) is 5.81. The number of aromatic nitrogens is 2. The Kier molecular flexibility index (Phi) is 2.83. The highest BCUT2D eigenvalue weighted by atomic mass is 16.3. The molecule has 2 atom stereocenters. The molecule has 1 aliphatic carbocycles. The van der Waals surface area contributed by atoms with Crippen molar-refractivity contribution in [2.45, 2.75) is 44.6 Å². The third kappa shape index (κ3) is 2.40.